The summed E-state index contributed by atoms with van der Waals surface area (Å²) in [5, 5.41) is 12.5. The zero-order valence-corrected chi connectivity index (χ0v) is 12.3. The van der Waals surface area contributed by atoms with Crippen LogP contribution in [-0.2, 0) is 0 Å². The SMILES string of the molecule is OCC1(CNc2cc(F)c(Br)cc2F)CCCCC1. The first-order valence-corrected chi connectivity index (χ1v) is 7.35. The Morgan fingerprint density at radius 2 is 1.84 bits per heavy atom. The van der Waals surface area contributed by atoms with Crippen molar-refractivity contribution in [3.63, 3.8) is 0 Å². The van der Waals surface area contributed by atoms with Gasteiger partial charge in [-0.15, -0.1) is 0 Å². The van der Waals surface area contributed by atoms with Crippen molar-refractivity contribution in [2.24, 2.45) is 5.41 Å². The molecular formula is C14H18BrF2NO. The third-order valence-electron chi connectivity index (χ3n) is 3.91. The molecule has 0 radical (unpaired) electrons. The van der Waals surface area contributed by atoms with Crippen LogP contribution in [0.2, 0.25) is 0 Å². The summed E-state index contributed by atoms with van der Waals surface area (Å²) in [5.41, 5.74) is -0.0482. The molecule has 0 unspecified atom stereocenters. The van der Waals surface area contributed by atoms with Gasteiger partial charge in [0.05, 0.1) is 16.8 Å². The highest BCUT2D eigenvalue weighted by Gasteiger charge is 2.31. The Hall–Kier alpha value is -0.680. The van der Waals surface area contributed by atoms with Crippen LogP contribution in [-0.4, -0.2) is 18.3 Å². The van der Waals surface area contributed by atoms with Crippen LogP contribution in [0.4, 0.5) is 14.5 Å². The number of benzene rings is 1. The van der Waals surface area contributed by atoms with Gasteiger partial charge in [0.15, 0.2) is 0 Å². The Labute approximate surface area is 120 Å². The summed E-state index contributed by atoms with van der Waals surface area (Å²) in [6.07, 6.45) is 5.20. The van der Waals surface area contributed by atoms with Crippen LogP contribution in [0.15, 0.2) is 16.6 Å². The lowest BCUT2D eigenvalue weighted by Gasteiger charge is -2.36. The van der Waals surface area contributed by atoms with Crippen molar-refractivity contribution in [1.82, 2.24) is 0 Å². The number of aliphatic hydroxyl groups excluding tert-OH is 1. The van der Waals surface area contributed by atoms with E-state index in [9.17, 15) is 13.9 Å². The van der Waals surface area contributed by atoms with Crippen molar-refractivity contribution in [3.05, 3.63) is 28.2 Å². The molecule has 0 aliphatic heterocycles. The van der Waals surface area contributed by atoms with Crippen LogP contribution in [0.3, 0.4) is 0 Å². The van der Waals surface area contributed by atoms with Gasteiger partial charge in [0, 0.05) is 18.0 Å². The molecule has 0 atom stereocenters. The number of halogens is 3. The second kappa shape index (κ2) is 6.18. The highest BCUT2D eigenvalue weighted by molar-refractivity contribution is 9.10. The van der Waals surface area contributed by atoms with E-state index in [4.69, 9.17) is 0 Å². The number of nitrogens with one attached hydrogen (secondary N) is 1. The van der Waals surface area contributed by atoms with Gasteiger partial charge in [0.2, 0.25) is 0 Å². The summed E-state index contributed by atoms with van der Waals surface area (Å²) < 4.78 is 27.2. The zero-order chi connectivity index (χ0) is 13.9. The van der Waals surface area contributed by atoms with Gasteiger partial charge >= 0.3 is 0 Å². The van der Waals surface area contributed by atoms with E-state index in [1.54, 1.807) is 0 Å². The smallest absolute Gasteiger partial charge is 0.147 e. The van der Waals surface area contributed by atoms with Crippen molar-refractivity contribution >= 4 is 21.6 Å². The minimum Gasteiger partial charge on any atom is -0.396 e. The molecule has 1 aliphatic carbocycles. The largest absolute Gasteiger partial charge is 0.396 e. The molecule has 2 nitrogen and oxygen atoms in total. The highest BCUT2D eigenvalue weighted by Crippen LogP contribution is 2.36. The van der Waals surface area contributed by atoms with Gasteiger partial charge in [-0.25, -0.2) is 8.78 Å². The Morgan fingerprint density at radius 1 is 1.16 bits per heavy atom. The standard InChI is InChI=1S/C14H18BrF2NO/c15-10-6-12(17)13(7-11(10)16)18-8-14(9-19)4-2-1-3-5-14/h6-7,18-19H,1-5,8-9H2. The molecule has 2 N–H and O–H groups in total. The summed E-state index contributed by atoms with van der Waals surface area (Å²) in [5.74, 6) is -0.984. The Morgan fingerprint density at radius 3 is 2.47 bits per heavy atom. The maximum absolute atomic E-state index is 13.7. The Kier molecular flexibility index (Phi) is 4.79. The molecule has 0 saturated heterocycles. The van der Waals surface area contributed by atoms with Crippen molar-refractivity contribution < 1.29 is 13.9 Å². The molecule has 2 rings (SSSR count). The number of anilines is 1. The van der Waals surface area contributed by atoms with Gasteiger partial charge in [0.1, 0.15) is 11.6 Å². The minimum absolute atomic E-state index is 0.0840. The number of hydrogen-bond acceptors (Lipinski definition) is 2. The predicted octanol–water partition coefficient (Wildman–Crippen LogP) is 4.08. The van der Waals surface area contributed by atoms with E-state index in [1.165, 1.54) is 6.42 Å². The van der Waals surface area contributed by atoms with Crippen LogP contribution >= 0.6 is 15.9 Å². The topological polar surface area (TPSA) is 32.3 Å². The summed E-state index contributed by atoms with van der Waals surface area (Å²) in [6.45, 7) is 0.558. The molecule has 0 heterocycles. The van der Waals surface area contributed by atoms with Gasteiger partial charge in [-0.1, -0.05) is 19.3 Å². The van der Waals surface area contributed by atoms with Gasteiger partial charge in [-0.05, 0) is 34.8 Å². The first-order valence-electron chi connectivity index (χ1n) is 6.56. The summed E-state index contributed by atoms with van der Waals surface area (Å²) in [6, 6.07) is 2.26. The molecule has 1 aromatic carbocycles. The van der Waals surface area contributed by atoms with E-state index >= 15 is 0 Å². The maximum atomic E-state index is 13.7. The highest BCUT2D eigenvalue weighted by atomic mass is 79.9. The first kappa shape index (κ1) is 14.7. The fourth-order valence-corrected chi connectivity index (χ4v) is 2.95. The van der Waals surface area contributed by atoms with E-state index in [1.807, 2.05) is 0 Å². The zero-order valence-electron chi connectivity index (χ0n) is 10.7. The lowest BCUT2D eigenvalue weighted by atomic mass is 9.74. The van der Waals surface area contributed by atoms with Crippen LogP contribution in [0.25, 0.3) is 0 Å². The molecule has 0 aromatic heterocycles. The molecule has 5 heteroatoms. The van der Waals surface area contributed by atoms with Crippen molar-refractivity contribution in [1.29, 1.82) is 0 Å². The minimum atomic E-state index is -0.495. The summed E-state index contributed by atoms with van der Waals surface area (Å²) >= 11 is 2.95. The maximum Gasteiger partial charge on any atom is 0.147 e. The fourth-order valence-electron chi connectivity index (χ4n) is 2.63. The fraction of sp³-hybridized carbons (Fsp3) is 0.571. The molecule has 1 aromatic rings. The quantitative estimate of drug-likeness (QED) is 0.813. The molecule has 0 bridgehead atoms. The second-order valence-corrected chi connectivity index (χ2v) is 6.17. The summed E-state index contributed by atoms with van der Waals surface area (Å²) in [4.78, 5) is 0. The van der Waals surface area contributed by atoms with Gasteiger partial charge in [0.25, 0.3) is 0 Å². The monoisotopic (exact) mass is 333 g/mol. The molecule has 0 amide bonds. The van der Waals surface area contributed by atoms with Crippen LogP contribution in [0.1, 0.15) is 32.1 Å². The molecule has 1 saturated carbocycles. The van der Waals surface area contributed by atoms with Gasteiger partial charge in [-0.3, -0.25) is 0 Å². The molecule has 106 valence electrons. The van der Waals surface area contributed by atoms with Crippen LogP contribution < -0.4 is 5.32 Å². The van der Waals surface area contributed by atoms with E-state index in [0.29, 0.717) is 6.54 Å². The molecular weight excluding hydrogens is 316 g/mol. The van der Waals surface area contributed by atoms with Crippen molar-refractivity contribution in [2.45, 2.75) is 32.1 Å². The van der Waals surface area contributed by atoms with Gasteiger partial charge in [-0.2, -0.15) is 0 Å². The van der Waals surface area contributed by atoms with Crippen molar-refractivity contribution in [3.8, 4) is 0 Å². The predicted molar refractivity (Wildman–Crippen MR) is 75.2 cm³/mol. The van der Waals surface area contributed by atoms with Crippen LogP contribution in [0, 0.1) is 17.0 Å². The van der Waals surface area contributed by atoms with E-state index in [0.717, 1.165) is 37.8 Å². The molecule has 19 heavy (non-hydrogen) atoms. The third-order valence-corrected chi connectivity index (χ3v) is 4.52. The average Bonchev–Trinajstić information content (AvgIpc) is 2.42. The van der Waals surface area contributed by atoms with E-state index < -0.39 is 11.6 Å². The number of rotatable bonds is 4. The van der Waals surface area contributed by atoms with Crippen LogP contribution in [0.5, 0.6) is 0 Å². The normalized spacial score (nSPS) is 18.3. The lowest BCUT2D eigenvalue weighted by Crippen LogP contribution is -2.35. The third kappa shape index (κ3) is 3.45. The van der Waals surface area contributed by atoms with E-state index in [2.05, 4.69) is 21.2 Å². The molecule has 1 fully saturated rings. The Bertz CT molecular complexity index is 447. The summed E-state index contributed by atoms with van der Waals surface area (Å²) in [7, 11) is 0. The number of aliphatic hydroxyl groups is 1. The second-order valence-electron chi connectivity index (χ2n) is 5.32. The Balaban J connectivity index is 2.07. The lowest BCUT2D eigenvalue weighted by molar-refractivity contribution is 0.0943. The molecule has 1 aliphatic rings. The first-order chi connectivity index (χ1) is 9.06. The molecule has 0 spiro atoms. The number of hydrogen-bond donors (Lipinski definition) is 2. The van der Waals surface area contributed by atoms with E-state index in [-0.39, 0.29) is 22.2 Å². The van der Waals surface area contributed by atoms with Crippen molar-refractivity contribution in [2.75, 3.05) is 18.5 Å². The average molecular weight is 334 g/mol. The van der Waals surface area contributed by atoms with Gasteiger partial charge < -0.3 is 10.4 Å².